The van der Waals surface area contributed by atoms with Crippen LogP contribution in [0.5, 0.6) is 5.75 Å². The van der Waals surface area contributed by atoms with Gasteiger partial charge in [-0.05, 0) is 37.6 Å². The molecule has 0 saturated carbocycles. The summed E-state index contributed by atoms with van der Waals surface area (Å²) in [6.45, 7) is 4.26. The molecular weight excluding hydrogens is 226 g/mol. The van der Waals surface area contributed by atoms with Gasteiger partial charge in [0.15, 0.2) is 0 Å². The Morgan fingerprint density at radius 3 is 2.72 bits per heavy atom. The minimum Gasteiger partial charge on any atom is -0.497 e. The molecule has 2 rings (SSSR count). The molecule has 1 aromatic carbocycles. The highest BCUT2D eigenvalue weighted by atomic mass is 16.5. The van der Waals surface area contributed by atoms with E-state index >= 15 is 0 Å². The molecule has 0 fully saturated rings. The number of benzene rings is 1. The van der Waals surface area contributed by atoms with Crippen LogP contribution in [0.15, 0.2) is 36.5 Å². The molecule has 0 aliphatic carbocycles. The predicted octanol–water partition coefficient (Wildman–Crippen LogP) is 2.83. The van der Waals surface area contributed by atoms with E-state index in [2.05, 4.69) is 41.5 Å². The second-order valence-electron chi connectivity index (χ2n) is 4.40. The number of H-pyrrole nitrogens is 1. The number of aromatic nitrogens is 2. The molecule has 4 heteroatoms. The van der Waals surface area contributed by atoms with Gasteiger partial charge in [-0.1, -0.05) is 12.1 Å². The number of ether oxygens (including phenoxy) is 1. The normalized spacial score (nSPS) is 14.2. The summed E-state index contributed by atoms with van der Waals surface area (Å²) in [5.74, 6) is 0.885. The lowest BCUT2D eigenvalue weighted by Crippen LogP contribution is -2.22. The fraction of sp³-hybridized carbons (Fsp3) is 0.357. The molecule has 4 nitrogen and oxygen atoms in total. The molecule has 2 aromatic rings. The van der Waals surface area contributed by atoms with E-state index in [-0.39, 0.29) is 12.1 Å². The van der Waals surface area contributed by atoms with Crippen LogP contribution in [0.2, 0.25) is 0 Å². The number of rotatable bonds is 5. The summed E-state index contributed by atoms with van der Waals surface area (Å²) in [6.07, 6.45) is 1.77. The fourth-order valence-electron chi connectivity index (χ4n) is 1.98. The van der Waals surface area contributed by atoms with Crippen LogP contribution in [0.25, 0.3) is 0 Å². The average Bonchev–Trinajstić information content (AvgIpc) is 2.92. The van der Waals surface area contributed by atoms with Crippen molar-refractivity contribution in [3.63, 3.8) is 0 Å². The van der Waals surface area contributed by atoms with E-state index in [4.69, 9.17) is 4.74 Å². The highest BCUT2D eigenvalue weighted by molar-refractivity contribution is 5.30. The Morgan fingerprint density at radius 1 is 1.22 bits per heavy atom. The standard InChI is InChI=1S/C14H19N3O/c1-10(12-5-4-6-13(9-12)18-3)16-11(2)14-7-8-15-17-14/h4-11,16H,1-3H3,(H,15,17)/t10-,11?/m0/s1. The number of nitrogens with zero attached hydrogens (tertiary/aromatic N) is 1. The van der Waals surface area contributed by atoms with E-state index in [1.807, 2.05) is 18.2 Å². The molecule has 0 amide bonds. The number of nitrogens with one attached hydrogen (secondary N) is 2. The van der Waals surface area contributed by atoms with Crippen molar-refractivity contribution in [2.75, 3.05) is 7.11 Å². The Kier molecular flexibility index (Phi) is 3.99. The average molecular weight is 245 g/mol. The van der Waals surface area contributed by atoms with E-state index in [1.165, 1.54) is 5.56 Å². The Bertz CT molecular complexity index is 482. The van der Waals surface area contributed by atoms with E-state index in [9.17, 15) is 0 Å². The monoisotopic (exact) mass is 245 g/mol. The highest BCUT2D eigenvalue weighted by Crippen LogP contribution is 2.21. The lowest BCUT2D eigenvalue weighted by Gasteiger charge is -2.19. The van der Waals surface area contributed by atoms with Crippen LogP contribution in [0.4, 0.5) is 0 Å². The van der Waals surface area contributed by atoms with Gasteiger partial charge in [0.05, 0.1) is 12.8 Å². The SMILES string of the molecule is COc1cccc([C@H](C)NC(C)c2ccn[nH]2)c1. The zero-order valence-electron chi connectivity index (χ0n) is 11.0. The topological polar surface area (TPSA) is 49.9 Å². The van der Waals surface area contributed by atoms with E-state index in [0.29, 0.717) is 0 Å². The molecule has 1 aromatic heterocycles. The minimum atomic E-state index is 0.230. The summed E-state index contributed by atoms with van der Waals surface area (Å²) in [7, 11) is 1.68. The number of methoxy groups -OCH3 is 1. The lowest BCUT2D eigenvalue weighted by molar-refractivity contribution is 0.412. The van der Waals surface area contributed by atoms with E-state index < -0.39 is 0 Å². The van der Waals surface area contributed by atoms with Gasteiger partial charge in [0.1, 0.15) is 5.75 Å². The molecule has 18 heavy (non-hydrogen) atoms. The summed E-state index contributed by atoms with van der Waals surface area (Å²) in [5.41, 5.74) is 2.30. The van der Waals surface area contributed by atoms with Gasteiger partial charge in [0.25, 0.3) is 0 Å². The Labute approximate surface area is 107 Å². The second-order valence-corrected chi connectivity index (χ2v) is 4.40. The predicted molar refractivity (Wildman–Crippen MR) is 71.5 cm³/mol. The van der Waals surface area contributed by atoms with E-state index in [0.717, 1.165) is 11.4 Å². The van der Waals surface area contributed by atoms with Crippen LogP contribution in [0.3, 0.4) is 0 Å². The smallest absolute Gasteiger partial charge is 0.119 e. The molecule has 2 N–H and O–H groups in total. The maximum absolute atomic E-state index is 5.24. The molecule has 0 aliphatic heterocycles. The van der Waals surface area contributed by atoms with Crippen LogP contribution < -0.4 is 10.1 Å². The first kappa shape index (κ1) is 12.6. The maximum atomic E-state index is 5.24. The molecular formula is C14H19N3O. The van der Waals surface area contributed by atoms with Crippen molar-refractivity contribution in [3.05, 3.63) is 47.8 Å². The van der Waals surface area contributed by atoms with Crippen molar-refractivity contribution in [1.29, 1.82) is 0 Å². The minimum absolute atomic E-state index is 0.230. The van der Waals surface area contributed by atoms with Crippen molar-refractivity contribution in [2.45, 2.75) is 25.9 Å². The van der Waals surface area contributed by atoms with Gasteiger partial charge in [-0.2, -0.15) is 5.10 Å². The van der Waals surface area contributed by atoms with Gasteiger partial charge in [-0.25, -0.2) is 0 Å². The van der Waals surface area contributed by atoms with Crippen molar-refractivity contribution in [2.24, 2.45) is 0 Å². The summed E-state index contributed by atoms with van der Waals surface area (Å²) in [5, 5.41) is 10.5. The molecule has 0 aliphatic rings. The number of hydrogen-bond acceptors (Lipinski definition) is 3. The molecule has 1 heterocycles. The first-order valence-electron chi connectivity index (χ1n) is 6.10. The van der Waals surface area contributed by atoms with Gasteiger partial charge in [-0.3, -0.25) is 5.10 Å². The highest BCUT2D eigenvalue weighted by Gasteiger charge is 2.12. The van der Waals surface area contributed by atoms with Crippen LogP contribution in [0, 0.1) is 0 Å². The summed E-state index contributed by atoms with van der Waals surface area (Å²) < 4.78 is 5.24. The van der Waals surface area contributed by atoms with Crippen LogP contribution in [0.1, 0.15) is 37.2 Å². The summed E-state index contributed by atoms with van der Waals surface area (Å²) in [4.78, 5) is 0. The van der Waals surface area contributed by atoms with Crippen molar-refractivity contribution in [3.8, 4) is 5.75 Å². The third kappa shape index (κ3) is 2.90. The Hall–Kier alpha value is -1.81. The van der Waals surface area contributed by atoms with Crippen molar-refractivity contribution in [1.82, 2.24) is 15.5 Å². The zero-order chi connectivity index (χ0) is 13.0. The number of hydrogen-bond donors (Lipinski definition) is 2. The van der Waals surface area contributed by atoms with Crippen molar-refractivity contribution < 1.29 is 4.74 Å². The molecule has 0 bridgehead atoms. The van der Waals surface area contributed by atoms with Crippen LogP contribution >= 0.6 is 0 Å². The Morgan fingerprint density at radius 2 is 2.06 bits per heavy atom. The fourth-order valence-corrected chi connectivity index (χ4v) is 1.98. The maximum Gasteiger partial charge on any atom is 0.119 e. The van der Waals surface area contributed by atoms with Gasteiger partial charge in [-0.15, -0.1) is 0 Å². The number of aromatic amines is 1. The van der Waals surface area contributed by atoms with Crippen LogP contribution in [-0.4, -0.2) is 17.3 Å². The third-order valence-corrected chi connectivity index (χ3v) is 3.08. The Balaban J connectivity index is 2.04. The van der Waals surface area contributed by atoms with Crippen LogP contribution in [-0.2, 0) is 0 Å². The molecule has 2 atom stereocenters. The van der Waals surface area contributed by atoms with Crippen molar-refractivity contribution >= 4 is 0 Å². The van der Waals surface area contributed by atoms with Gasteiger partial charge in [0.2, 0.25) is 0 Å². The zero-order valence-corrected chi connectivity index (χ0v) is 11.0. The molecule has 1 unspecified atom stereocenters. The quantitative estimate of drug-likeness (QED) is 0.851. The van der Waals surface area contributed by atoms with Gasteiger partial charge in [0, 0.05) is 18.3 Å². The molecule has 0 saturated heterocycles. The first-order chi connectivity index (χ1) is 8.70. The first-order valence-corrected chi connectivity index (χ1v) is 6.10. The molecule has 96 valence electrons. The summed E-state index contributed by atoms with van der Waals surface area (Å²) >= 11 is 0. The third-order valence-electron chi connectivity index (χ3n) is 3.08. The van der Waals surface area contributed by atoms with Gasteiger partial charge >= 0.3 is 0 Å². The van der Waals surface area contributed by atoms with E-state index in [1.54, 1.807) is 13.3 Å². The lowest BCUT2D eigenvalue weighted by atomic mass is 10.1. The molecule has 0 spiro atoms. The van der Waals surface area contributed by atoms with Gasteiger partial charge < -0.3 is 10.1 Å². The summed E-state index contributed by atoms with van der Waals surface area (Å²) in [6, 6.07) is 10.6. The molecule has 0 radical (unpaired) electrons. The second kappa shape index (κ2) is 5.69. The largest absolute Gasteiger partial charge is 0.497 e.